The van der Waals surface area contributed by atoms with Gasteiger partial charge >= 0.3 is 0 Å². The van der Waals surface area contributed by atoms with Crippen molar-refractivity contribution in [1.29, 1.82) is 0 Å². The van der Waals surface area contributed by atoms with Gasteiger partial charge in [0.05, 0.1) is 0 Å². The van der Waals surface area contributed by atoms with E-state index in [4.69, 9.17) is 0 Å². The van der Waals surface area contributed by atoms with Gasteiger partial charge in [0.2, 0.25) is 5.78 Å². The summed E-state index contributed by atoms with van der Waals surface area (Å²) in [7, 11) is 0. The predicted octanol–water partition coefficient (Wildman–Crippen LogP) is 0.219. The largest absolute Gasteiger partial charge is 0.290 e. The Morgan fingerprint density at radius 2 is 2.14 bits per heavy atom. The maximum atomic E-state index is 10.2. The van der Waals surface area contributed by atoms with Crippen molar-refractivity contribution >= 4 is 22.7 Å². The zero-order valence-electron chi connectivity index (χ0n) is 3.64. The summed E-state index contributed by atoms with van der Waals surface area (Å²) in [4.78, 5) is 20.4. The van der Waals surface area contributed by atoms with Crippen LogP contribution in [0.1, 0.15) is 6.42 Å². The van der Waals surface area contributed by atoms with Crippen LogP contribution in [-0.2, 0) is 9.59 Å². The fourth-order valence-electron chi connectivity index (χ4n) is 0.419. The molecular formula is C4H4O2S. The summed E-state index contributed by atoms with van der Waals surface area (Å²) in [5, 5.41) is -0.264. The smallest absolute Gasteiger partial charge is 0.255 e. The molecule has 1 heterocycles. The first-order chi connectivity index (χ1) is 3.30. The van der Waals surface area contributed by atoms with Crippen LogP contribution in [0.25, 0.3) is 0 Å². The third-order valence-electron chi connectivity index (χ3n) is 0.790. The molecule has 0 aromatic heterocycles. The van der Waals surface area contributed by atoms with Gasteiger partial charge in [-0.2, -0.15) is 0 Å². The first-order valence-corrected chi connectivity index (χ1v) is 2.99. The van der Waals surface area contributed by atoms with Crippen LogP contribution in [0.15, 0.2) is 0 Å². The number of hydrogen-bond donors (Lipinski definition) is 0. The summed E-state index contributed by atoms with van der Waals surface area (Å²) in [6.07, 6.45) is 0.448. The molecule has 3 heteroatoms. The van der Waals surface area contributed by atoms with Crippen molar-refractivity contribution in [2.24, 2.45) is 0 Å². The van der Waals surface area contributed by atoms with E-state index < -0.39 is 0 Å². The lowest BCUT2D eigenvalue weighted by molar-refractivity contribution is -0.130. The van der Waals surface area contributed by atoms with Gasteiger partial charge in [0, 0.05) is 12.2 Å². The molecule has 0 radical (unpaired) electrons. The van der Waals surface area contributed by atoms with E-state index in [0.717, 1.165) is 11.8 Å². The van der Waals surface area contributed by atoms with Crippen molar-refractivity contribution in [2.75, 3.05) is 5.75 Å². The highest BCUT2D eigenvalue weighted by atomic mass is 32.2. The number of hydrogen-bond acceptors (Lipinski definition) is 3. The Kier molecular flexibility index (Phi) is 1.15. The fourth-order valence-corrected chi connectivity index (χ4v) is 1.15. The highest BCUT2D eigenvalue weighted by Crippen LogP contribution is 2.14. The quantitative estimate of drug-likeness (QED) is 0.424. The zero-order chi connectivity index (χ0) is 5.28. The molecule has 1 saturated heterocycles. The molecule has 0 bridgehead atoms. The van der Waals surface area contributed by atoms with E-state index in [-0.39, 0.29) is 10.9 Å². The third kappa shape index (κ3) is 0.825. The summed E-state index contributed by atoms with van der Waals surface area (Å²) in [5.74, 6) is 0.475. The van der Waals surface area contributed by atoms with Crippen LogP contribution in [0, 0.1) is 0 Å². The standard InChI is InChI=1S/C4H4O2S/c5-3-1-2-7-4(3)6/h1-2H2. The van der Waals surface area contributed by atoms with E-state index in [1.165, 1.54) is 0 Å². The lowest BCUT2D eigenvalue weighted by Crippen LogP contribution is -1.98. The minimum Gasteiger partial charge on any atom is -0.290 e. The lowest BCUT2D eigenvalue weighted by atomic mass is 10.3. The van der Waals surface area contributed by atoms with Gasteiger partial charge in [0.1, 0.15) is 0 Å². The molecule has 0 amide bonds. The van der Waals surface area contributed by atoms with Gasteiger partial charge in [-0.1, -0.05) is 11.8 Å². The Morgan fingerprint density at radius 3 is 2.29 bits per heavy atom. The zero-order valence-corrected chi connectivity index (χ0v) is 4.46. The van der Waals surface area contributed by atoms with Crippen molar-refractivity contribution in [3.8, 4) is 0 Å². The van der Waals surface area contributed by atoms with Crippen LogP contribution in [0.3, 0.4) is 0 Å². The number of thioether (sulfide) groups is 1. The molecule has 7 heavy (non-hydrogen) atoms. The Morgan fingerprint density at radius 1 is 1.43 bits per heavy atom. The Labute approximate surface area is 45.3 Å². The molecule has 0 spiro atoms. The number of ketones is 1. The monoisotopic (exact) mass is 116 g/mol. The van der Waals surface area contributed by atoms with Gasteiger partial charge in [0.15, 0.2) is 0 Å². The van der Waals surface area contributed by atoms with Crippen LogP contribution < -0.4 is 0 Å². The molecule has 0 unspecified atom stereocenters. The minimum absolute atomic E-state index is 0.218. The van der Waals surface area contributed by atoms with Crippen LogP contribution in [0.4, 0.5) is 0 Å². The predicted molar refractivity (Wildman–Crippen MR) is 27.1 cm³/mol. The molecule has 0 atom stereocenters. The van der Waals surface area contributed by atoms with Crippen molar-refractivity contribution in [1.82, 2.24) is 0 Å². The van der Waals surface area contributed by atoms with E-state index in [9.17, 15) is 9.59 Å². The molecular weight excluding hydrogens is 112 g/mol. The molecule has 1 aliphatic heterocycles. The summed E-state index contributed by atoms with van der Waals surface area (Å²) in [5.41, 5.74) is 0. The summed E-state index contributed by atoms with van der Waals surface area (Å²) >= 11 is 1.12. The van der Waals surface area contributed by atoms with E-state index in [1.54, 1.807) is 0 Å². The molecule has 0 aliphatic carbocycles. The number of rotatable bonds is 0. The third-order valence-corrected chi connectivity index (χ3v) is 1.69. The van der Waals surface area contributed by atoms with Gasteiger partial charge in [0.25, 0.3) is 5.12 Å². The van der Waals surface area contributed by atoms with Gasteiger partial charge in [-0.15, -0.1) is 0 Å². The molecule has 0 aromatic rings. The summed E-state index contributed by atoms with van der Waals surface area (Å²) < 4.78 is 0. The second-order valence-electron chi connectivity index (χ2n) is 1.31. The van der Waals surface area contributed by atoms with Crippen LogP contribution in [0.5, 0.6) is 0 Å². The molecule has 1 fully saturated rings. The Bertz CT molecular complexity index is 105. The average Bonchev–Trinajstić information content (AvgIpc) is 1.91. The molecule has 1 rings (SSSR count). The maximum Gasteiger partial charge on any atom is 0.255 e. The van der Waals surface area contributed by atoms with Crippen LogP contribution in [0.2, 0.25) is 0 Å². The minimum atomic E-state index is -0.264. The van der Waals surface area contributed by atoms with Gasteiger partial charge in [-0.25, -0.2) is 0 Å². The van der Waals surface area contributed by atoms with E-state index in [1.807, 2.05) is 0 Å². The highest BCUT2D eigenvalue weighted by molar-refractivity contribution is 8.16. The average molecular weight is 116 g/mol. The SMILES string of the molecule is O=C1CCSC1=O. The lowest BCUT2D eigenvalue weighted by Gasteiger charge is -1.71. The molecule has 0 aromatic carbocycles. The maximum absolute atomic E-state index is 10.2. The molecule has 0 saturated carbocycles. The topological polar surface area (TPSA) is 34.1 Å². The van der Waals surface area contributed by atoms with Gasteiger partial charge < -0.3 is 0 Å². The highest BCUT2D eigenvalue weighted by Gasteiger charge is 2.20. The molecule has 1 aliphatic rings. The fraction of sp³-hybridized carbons (Fsp3) is 0.500. The number of Topliss-reactive ketones (excluding diaryl/α,β-unsaturated/α-hetero) is 1. The Hall–Kier alpha value is -0.310. The van der Waals surface area contributed by atoms with Gasteiger partial charge in [-0.05, 0) is 0 Å². The second-order valence-corrected chi connectivity index (χ2v) is 2.38. The van der Waals surface area contributed by atoms with E-state index in [2.05, 4.69) is 0 Å². The van der Waals surface area contributed by atoms with E-state index in [0.29, 0.717) is 12.2 Å². The van der Waals surface area contributed by atoms with Crippen LogP contribution >= 0.6 is 11.8 Å². The Balaban J connectivity index is 2.65. The number of carbonyl (C=O) groups excluding carboxylic acids is 2. The molecule has 2 nitrogen and oxygen atoms in total. The first-order valence-electron chi connectivity index (χ1n) is 2.00. The molecule has 38 valence electrons. The first kappa shape index (κ1) is 4.84. The normalized spacial score (nSPS) is 21.1. The van der Waals surface area contributed by atoms with E-state index >= 15 is 0 Å². The van der Waals surface area contributed by atoms with Crippen molar-refractivity contribution < 1.29 is 9.59 Å². The summed E-state index contributed by atoms with van der Waals surface area (Å²) in [6, 6.07) is 0. The van der Waals surface area contributed by atoms with Crippen LogP contribution in [-0.4, -0.2) is 16.7 Å². The van der Waals surface area contributed by atoms with Crippen molar-refractivity contribution in [3.63, 3.8) is 0 Å². The van der Waals surface area contributed by atoms with Crippen molar-refractivity contribution in [2.45, 2.75) is 6.42 Å². The van der Waals surface area contributed by atoms with Crippen molar-refractivity contribution in [3.05, 3.63) is 0 Å². The number of carbonyl (C=O) groups is 2. The van der Waals surface area contributed by atoms with Gasteiger partial charge in [-0.3, -0.25) is 9.59 Å². The molecule has 0 N–H and O–H groups in total. The second kappa shape index (κ2) is 1.66. The summed E-state index contributed by atoms with van der Waals surface area (Å²) in [6.45, 7) is 0.